The molecular formula is C23H25N3O3S. The van der Waals surface area contributed by atoms with Gasteiger partial charge in [0, 0.05) is 24.3 Å². The van der Waals surface area contributed by atoms with Crippen molar-refractivity contribution >= 4 is 28.8 Å². The summed E-state index contributed by atoms with van der Waals surface area (Å²) in [6.07, 6.45) is 0.705. The summed E-state index contributed by atoms with van der Waals surface area (Å²) in [6, 6.07) is 18.2. The molecule has 1 aromatic heterocycles. The predicted molar refractivity (Wildman–Crippen MR) is 120 cm³/mol. The monoisotopic (exact) mass is 423 g/mol. The quantitative estimate of drug-likeness (QED) is 0.545. The van der Waals surface area contributed by atoms with Crippen molar-refractivity contribution < 1.29 is 14.3 Å². The normalized spacial score (nSPS) is 10.5. The van der Waals surface area contributed by atoms with Gasteiger partial charge in [0.05, 0.1) is 12.0 Å². The van der Waals surface area contributed by atoms with E-state index in [-0.39, 0.29) is 11.8 Å². The zero-order valence-electron chi connectivity index (χ0n) is 16.8. The largest absolute Gasteiger partial charge is 0.497 e. The van der Waals surface area contributed by atoms with Gasteiger partial charge >= 0.3 is 0 Å². The van der Waals surface area contributed by atoms with Gasteiger partial charge in [-0.1, -0.05) is 18.2 Å². The number of nitrogens with zero attached hydrogens (tertiary/aromatic N) is 1. The van der Waals surface area contributed by atoms with Gasteiger partial charge in [-0.2, -0.15) is 0 Å². The third-order valence-corrected chi connectivity index (χ3v) is 5.43. The lowest BCUT2D eigenvalue weighted by molar-refractivity contribution is 0.0742. The van der Waals surface area contributed by atoms with Crippen molar-refractivity contribution in [2.24, 2.45) is 5.73 Å². The average molecular weight is 424 g/mol. The lowest BCUT2D eigenvalue weighted by atomic mass is 10.1. The number of nitrogens with one attached hydrogen (secondary N) is 1. The Morgan fingerprint density at radius 2 is 1.90 bits per heavy atom. The first-order valence-electron chi connectivity index (χ1n) is 9.68. The standard InChI is InChI=1S/C23H25N3O3S/c1-29-20-10-8-18(9-11-20)23(28)26(13-4-12-24)16-17-5-2-6-19(15-17)25-22(27)21-7-3-14-30-21/h2-3,5-11,14-15H,4,12-13,16,24H2,1H3,(H,25,27). The lowest BCUT2D eigenvalue weighted by Crippen LogP contribution is -2.32. The second-order valence-corrected chi connectivity index (χ2v) is 7.68. The minimum absolute atomic E-state index is 0.0703. The van der Waals surface area contributed by atoms with Crippen LogP contribution in [-0.4, -0.2) is 36.9 Å². The summed E-state index contributed by atoms with van der Waals surface area (Å²) in [4.78, 5) is 27.8. The van der Waals surface area contributed by atoms with Crippen LogP contribution >= 0.6 is 11.3 Å². The molecule has 3 rings (SSSR count). The molecule has 156 valence electrons. The van der Waals surface area contributed by atoms with Gasteiger partial charge < -0.3 is 20.7 Å². The summed E-state index contributed by atoms with van der Waals surface area (Å²) < 4.78 is 5.17. The van der Waals surface area contributed by atoms with Gasteiger partial charge in [0.15, 0.2) is 0 Å². The molecule has 6 nitrogen and oxygen atoms in total. The van der Waals surface area contributed by atoms with E-state index in [9.17, 15) is 9.59 Å². The maximum atomic E-state index is 13.0. The van der Waals surface area contributed by atoms with Crippen molar-refractivity contribution in [1.82, 2.24) is 4.90 Å². The molecule has 2 amide bonds. The van der Waals surface area contributed by atoms with Gasteiger partial charge in [-0.05, 0) is 66.4 Å². The van der Waals surface area contributed by atoms with Crippen molar-refractivity contribution in [3.05, 3.63) is 82.0 Å². The van der Waals surface area contributed by atoms with E-state index in [2.05, 4.69) is 5.32 Å². The Kier molecular flexibility index (Phi) is 7.59. The van der Waals surface area contributed by atoms with Crippen LogP contribution in [-0.2, 0) is 6.54 Å². The van der Waals surface area contributed by atoms with Crippen LogP contribution in [0.25, 0.3) is 0 Å². The van der Waals surface area contributed by atoms with Crippen LogP contribution in [0.15, 0.2) is 66.0 Å². The van der Waals surface area contributed by atoms with Crippen LogP contribution in [0.3, 0.4) is 0 Å². The van der Waals surface area contributed by atoms with E-state index in [1.165, 1.54) is 11.3 Å². The van der Waals surface area contributed by atoms with Crippen LogP contribution in [0.5, 0.6) is 5.75 Å². The van der Waals surface area contributed by atoms with Gasteiger partial charge in [-0.3, -0.25) is 9.59 Å². The maximum Gasteiger partial charge on any atom is 0.265 e. The SMILES string of the molecule is COc1ccc(C(=O)N(CCCN)Cc2cccc(NC(=O)c3cccs3)c2)cc1. The number of benzene rings is 2. The molecule has 0 aliphatic carbocycles. The molecule has 1 heterocycles. The zero-order valence-corrected chi connectivity index (χ0v) is 17.7. The zero-order chi connectivity index (χ0) is 21.3. The first-order chi connectivity index (χ1) is 14.6. The molecule has 7 heteroatoms. The molecule has 0 bridgehead atoms. The number of methoxy groups -OCH3 is 1. The number of hydrogen-bond acceptors (Lipinski definition) is 5. The van der Waals surface area contributed by atoms with Crippen molar-refractivity contribution in [2.75, 3.05) is 25.5 Å². The smallest absolute Gasteiger partial charge is 0.265 e. The average Bonchev–Trinajstić information content (AvgIpc) is 3.32. The summed E-state index contributed by atoms with van der Waals surface area (Å²) in [5.74, 6) is 0.491. The van der Waals surface area contributed by atoms with E-state index in [1.54, 1.807) is 42.3 Å². The molecule has 0 radical (unpaired) electrons. The van der Waals surface area contributed by atoms with Gasteiger partial charge in [0.2, 0.25) is 0 Å². The molecule has 0 saturated carbocycles. The van der Waals surface area contributed by atoms with E-state index in [0.717, 1.165) is 5.56 Å². The second kappa shape index (κ2) is 10.6. The highest BCUT2D eigenvalue weighted by Crippen LogP contribution is 2.18. The number of amides is 2. The van der Waals surface area contributed by atoms with Gasteiger partial charge in [0.1, 0.15) is 5.75 Å². The fraction of sp³-hybridized carbons (Fsp3) is 0.217. The Morgan fingerprint density at radius 1 is 1.10 bits per heavy atom. The molecule has 0 aliphatic rings. The van der Waals surface area contributed by atoms with Crippen LogP contribution in [0.1, 0.15) is 32.0 Å². The summed E-state index contributed by atoms with van der Waals surface area (Å²) in [5.41, 5.74) is 7.89. The molecule has 0 unspecified atom stereocenters. The Balaban J connectivity index is 1.73. The molecule has 0 fully saturated rings. The number of nitrogens with two attached hydrogens (primary N) is 1. The summed E-state index contributed by atoms with van der Waals surface area (Å²) in [5, 5.41) is 4.78. The minimum atomic E-state index is -0.142. The van der Waals surface area contributed by atoms with Crippen LogP contribution in [0.4, 0.5) is 5.69 Å². The van der Waals surface area contributed by atoms with Crippen molar-refractivity contribution in [1.29, 1.82) is 0 Å². The molecule has 0 spiro atoms. The van der Waals surface area contributed by atoms with E-state index < -0.39 is 0 Å². The lowest BCUT2D eigenvalue weighted by Gasteiger charge is -2.23. The summed E-state index contributed by atoms with van der Waals surface area (Å²) in [6.45, 7) is 1.48. The Bertz CT molecular complexity index is 972. The fourth-order valence-corrected chi connectivity index (χ4v) is 3.64. The molecule has 0 saturated heterocycles. The van der Waals surface area contributed by atoms with Crippen LogP contribution in [0, 0.1) is 0 Å². The number of carbonyl (C=O) groups is 2. The first kappa shape index (κ1) is 21.5. The Morgan fingerprint density at radius 3 is 2.57 bits per heavy atom. The van der Waals surface area contributed by atoms with Gasteiger partial charge in [-0.25, -0.2) is 0 Å². The van der Waals surface area contributed by atoms with Crippen molar-refractivity contribution in [3.63, 3.8) is 0 Å². The predicted octanol–water partition coefficient (Wildman–Crippen LogP) is 4.00. The number of ether oxygens (including phenoxy) is 1. The number of thiophene rings is 1. The second-order valence-electron chi connectivity index (χ2n) is 6.73. The summed E-state index contributed by atoms with van der Waals surface area (Å²) >= 11 is 1.39. The molecule has 3 N–H and O–H groups in total. The van der Waals surface area contributed by atoms with E-state index in [4.69, 9.17) is 10.5 Å². The van der Waals surface area contributed by atoms with Crippen LogP contribution in [0.2, 0.25) is 0 Å². The highest BCUT2D eigenvalue weighted by molar-refractivity contribution is 7.12. The molecule has 0 aliphatic heterocycles. The van der Waals surface area contributed by atoms with E-state index in [0.29, 0.717) is 47.9 Å². The number of rotatable bonds is 9. The number of anilines is 1. The van der Waals surface area contributed by atoms with Crippen molar-refractivity contribution in [3.8, 4) is 5.75 Å². The number of carbonyl (C=O) groups excluding carboxylic acids is 2. The minimum Gasteiger partial charge on any atom is -0.497 e. The first-order valence-corrected chi connectivity index (χ1v) is 10.6. The Labute approximate surface area is 180 Å². The third kappa shape index (κ3) is 5.68. The molecule has 3 aromatic rings. The molecular weight excluding hydrogens is 398 g/mol. The van der Waals surface area contributed by atoms with Crippen molar-refractivity contribution in [2.45, 2.75) is 13.0 Å². The summed E-state index contributed by atoms with van der Waals surface area (Å²) in [7, 11) is 1.59. The van der Waals surface area contributed by atoms with E-state index >= 15 is 0 Å². The van der Waals surface area contributed by atoms with E-state index in [1.807, 2.05) is 35.7 Å². The maximum absolute atomic E-state index is 13.0. The molecule has 0 atom stereocenters. The molecule has 2 aromatic carbocycles. The third-order valence-electron chi connectivity index (χ3n) is 4.56. The highest BCUT2D eigenvalue weighted by atomic mass is 32.1. The Hall–Kier alpha value is -3.16. The van der Waals surface area contributed by atoms with Gasteiger partial charge in [0.25, 0.3) is 11.8 Å². The number of hydrogen-bond donors (Lipinski definition) is 2. The molecule has 30 heavy (non-hydrogen) atoms. The van der Waals surface area contributed by atoms with Gasteiger partial charge in [-0.15, -0.1) is 11.3 Å². The highest BCUT2D eigenvalue weighted by Gasteiger charge is 2.16. The topological polar surface area (TPSA) is 84.7 Å². The fourth-order valence-electron chi connectivity index (χ4n) is 3.02. The van der Waals surface area contributed by atoms with Crippen LogP contribution < -0.4 is 15.8 Å².